The Bertz CT molecular complexity index is 1770. The Balaban J connectivity index is 1.83. The highest BCUT2D eigenvalue weighted by molar-refractivity contribution is 14.1. The van der Waals surface area contributed by atoms with Gasteiger partial charge in [0.05, 0.1) is 56.3 Å². The molecule has 2 heterocycles. The molecule has 0 saturated carbocycles. The van der Waals surface area contributed by atoms with Gasteiger partial charge in [0.25, 0.3) is 5.56 Å². The van der Waals surface area contributed by atoms with E-state index < -0.39 is 18.0 Å². The van der Waals surface area contributed by atoms with Crippen LogP contribution in [0, 0.1) is 3.57 Å². The molecule has 0 bridgehead atoms. The van der Waals surface area contributed by atoms with E-state index in [9.17, 15) is 14.4 Å². The number of carbonyl (C=O) groups is 2. The van der Waals surface area contributed by atoms with Crippen molar-refractivity contribution in [2.24, 2.45) is 4.99 Å². The molecule has 0 saturated heterocycles. The van der Waals surface area contributed by atoms with Crippen LogP contribution in [-0.2, 0) is 19.1 Å². The van der Waals surface area contributed by atoms with Crippen LogP contribution >= 0.6 is 49.9 Å². The predicted molar refractivity (Wildman–Crippen MR) is 178 cm³/mol. The number of hydrogen-bond donors (Lipinski definition) is 0. The molecule has 44 heavy (non-hydrogen) atoms. The number of thiazole rings is 1. The minimum absolute atomic E-state index is 0.0778. The molecular formula is C31H32BrIN2O8S. The molecule has 0 fully saturated rings. The second kappa shape index (κ2) is 14.7. The average Bonchev–Trinajstić information content (AvgIpc) is 3.25. The third-order valence-corrected chi connectivity index (χ3v) is 8.71. The maximum atomic E-state index is 14.0. The van der Waals surface area contributed by atoms with Crippen LogP contribution in [0.25, 0.3) is 6.08 Å². The highest BCUT2D eigenvalue weighted by Gasteiger charge is 2.34. The number of esters is 2. The van der Waals surface area contributed by atoms with E-state index in [0.29, 0.717) is 42.3 Å². The molecule has 234 valence electrons. The normalized spacial score (nSPS) is 14.7. The van der Waals surface area contributed by atoms with Gasteiger partial charge in [-0.15, -0.1) is 0 Å². The minimum Gasteiger partial charge on any atom is -0.493 e. The number of hydrogen-bond acceptors (Lipinski definition) is 10. The van der Waals surface area contributed by atoms with Crippen LogP contribution in [0.5, 0.6) is 17.2 Å². The molecule has 0 amide bonds. The zero-order chi connectivity index (χ0) is 32.1. The Morgan fingerprint density at radius 1 is 1.14 bits per heavy atom. The molecule has 10 nitrogen and oxygen atoms in total. The van der Waals surface area contributed by atoms with Crippen LogP contribution in [0.3, 0.4) is 0 Å². The van der Waals surface area contributed by atoms with Crippen molar-refractivity contribution in [1.29, 1.82) is 0 Å². The molecule has 1 aliphatic heterocycles. The van der Waals surface area contributed by atoms with Crippen molar-refractivity contribution in [2.45, 2.75) is 46.8 Å². The molecule has 0 N–H and O–H groups in total. The number of methoxy groups -OCH3 is 1. The van der Waals surface area contributed by atoms with E-state index in [-0.39, 0.29) is 37.1 Å². The van der Waals surface area contributed by atoms with Gasteiger partial charge in [0.15, 0.2) is 22.9 Å². The summed E-state index contributed by atoms with van der Waals surface area (Å²) in [6.07, 6.45) is 1.68. The van der Waals surface area contributed by atoms with Crippen LogP contribution in [0.1, 0.15) is 51.8 Å². The zero-order valence-electron chi connectivity index (χ0n) is 25.1. The summed E-state index contributed by atoms with van der Waals surface area (Å²) in [4.78, 5) is 44.2. The summed E-state index contributed by atoms with van der Waals surface area (Å²) in [5, 5.41) is 0. The van der Waals surface area contributed by atoms with E-state index in [4.69, 9.17) is 23.7 Å². The van der Waals surface area contributed by atoms with E-state index in [1.54, 1.807) is 45.0 Å². The Hall–Kier alpha value is -3.17. The van der Waals surface area contributed by atoms with Crippen molar-refractivity contribution in [3.8, 4) is 17.2 Å². The van der Waals surface area contributed by atoms with Crippen molar-refractivity contribution in [2.75, 3.05) is 26.9 Å². The van der Waals surface area contributed by atoms with Gasteiger partial charge in [0.1, 0.15) is 5.75 Å². The Labute approximate surface area is 280 Å². The van der Waals surface area contributed by atoms with E-state index in [2.05, 4.69) is 43.5 Å². The third kappa shape index (κ3) is 7.37. The van der Waals surface area contributed by atoms with Crippen molar-refractivity contribution < 1.29 is 33.3 Å². The smallest absolute Gasteiger partial charge is 0.344 e. The largest absolute Gasteiger partial charge is 0.493 e. The molecule has 2 aromatic carbocycles. The molecule has 1 aliphatic rings. The molecule has 1 aromatic heterocycles. The molecule has 3 aromatic rings. The SMILES string of the molecule is CCOC(=O)COc1c(Br)cc(/C=c2\sc3n(c2=O)[C@H](c2ccc(OC(C)C)c(OC)c2)C(C(=O)OCC)=C(C)N=3)cc1I. The van der Waals surface area contributed by atoms with Crippen molar-refractivity contribution in [3.05, 3.63) is 80.5 Å². The van der Waals surface area contributed by atoms with Crippen molar-refractivity contribution in [1.82, 2.24) is 4.57 Å². The first-order valence-corrected chi connectivity index (χ1v) is 16.5. The van der Waals surface area contributed by atoms with Gasteiger partial charge in [0, 0.05) is 0 Å². The monoisotopic (exact) mass is 798 g/mol. The van der Waals surface area contributed by atoms with Gasteiger partial charge in [-0.05, 0) is 115 Å². The van der Waals surface area contributed by atoms with E-state index >= 15 is 0 Å². The molecular weight excluding hydrogens is 767 g/mol. The van der Waals surface area contributed by atoms with Gasteiger partial charge >= 0.3 is 11.9 Å². The summed E-state index contributed by atoms with van der Waals surface area (Å²) in [5.74, 6) is 0.497. The lowest BCUT2D eigenvalue weighted by molar-refractivity contribution is -0.145. The Morgan fingerprint density at radius 3 is 2.50 bits per heavy atom. The van der Waals surface area contributed by atoms with Crippen LogP contribution in [-0.4, -0.2) is 49.5 Å². The summed E-state index contributed by atoms with van der Waals surface area (Å²) < 4.78 is 30.8. The first-order chi connectivity index (χ1) is 21.0. The van der Waals surface area contributed by atoms with E-state index in [1.165, 1.54) is 23.0 Å². The van der Waals surface area contributed by atoms with Gasteiger partial charge in [-0.3, -0.25) is 9.36 Å². The number of aromatic nitrogens is 1. The average molecular weight is 799 g/mol. The fraction of sp³-hybridized carbons (Fsp3) is 0.355. The maximum absolute atomic E-state index is 14.0. The van der Waals surface area contributed by atoms with Gasteiger partial charge in [-0.25, -0.2) is 14.6 Å². The Kier molecular flexibility index (Phi) is 11.3. The molecule has 0 spiro atoms. The topological polar surface area (TPSA) is 115 Å². The third-order valence-electron chi connectivity index (χ3n) is 6.34. The van der Waals surface area contributed by atoms with Crippen molar-refractivity contribution >= 4 is 67.9 Å². The fourth-order valence-electron chi connectivity index (χ4n) is 4.60. The summed E-state index contributed by atoms with van der Waals surface area (Å²) in [7, 11) is 1.54. The van der Waals surface area contributed by atoms with Crippen LogP contribution in [0.15, 0.2) is 55.9 Å². The molecule has 1 atom stereocenters. The fourth-order valence-corrected chi connectivity index (χ4v) is 7.41. The minimum atomic E-state index is -0.806. The summed E-state index contributed by atoms with van der Waals surface area (Å²) in [6.45, 7) is 9.24. The number of ether oxygens (including phenoxy) is 5. The lowest BCUT2D eigenvalue weighted by Crippen LogP contribution is -2.40. The van der Waals surface area contributed by atoms with E-state index in [0.717, 1.165) is 9.13 Å². The van der Waals surface area contributed by atoms with Gasteiger partial charge in [-0.1, -0.05) is 17.4 Å². The van der Waals surface area contributed by atoms with Gasteiger partial charge < -0.3 is 23.7 Å². The number of carbonyl (C=O) groups excluding carboxylic acids is 2. The molecule has 13 heteroatoms. The Morgan fingerprint density at radius 2 is 1.86 bits per heavy atom. The molecule has 0 aliphatic carbocycles. The zero-order valence-corrected chi connectivity index (χ0v) is 29.6. The maximum Gasteiger partial charge on any atom is 0.344 e. The molecule has 0 radical (unpaired) electrons. The van der Waals surface area contributed by atoms with Gasteiger partial charge in [0.2, 0.25) is 0 Å². The van der Waals surface area contributed by atoms with E-state index in [1.807, 2.05) is 26.0 Å². The highest BCUT2D eigenvalue weighted by atomic mass is 127. The second-order valence-corrected chi connectivity index (χ2v) is 12.8. The highest BCUT2D eigenvalue weighted by Crippen LogP contribution is 2.37. The number of fused-ring (bicyclic) bond motifs is 1. The number of halogens is 2. The standard InChI is InChI=1S/C31H32BrIN2O8S/c1-7-40-25(36)15-42-28-20(32)11-18(12-21(28)33)13-24-29(37)35-27(19-9-10-22(43-16(3)4)23(14-19)39-6)26(30(38)41-8-2)17(5)34-31(35)44-24/h9-14,16,27H,7-8,15H2,1-6H3/b24-13-/t27-/m1/s1. The quantitative estimate of drug-likeness (QED) is 0.199. The van der Waals surface area contributed by atoms with Crippen LogP contribution in [0.4, 0.5) is 0 Å². The molecule has 0 unspecified atom stereocenters. The predicted octanol–water partition coefficient (Wildman–Crippen LogP) is 4.90. The summed E-state index contributed by atoms with van der Waals surface area (Å²) in [5.41, 5.74) is 1.78. The lowest BCUT2D eigenvalue weighted by atomic mass is 9.95. The number of benzene rings is 2. The first-order valence-electron chi connectivity index (χ1n) is 13.8. The second-order valence-electron chi connectivity index (χ2n) is 9.79. The van der Waals surface area contributed by atoms with Gasteiger partial charge in [-0.2, -0.15) is 0 Å². The van der Waals surface area contributed by atoms with Crippen molar-refractivity contribution in [3.63, 3.8) is 0 Å². The number of allylic oxidation sites excluding steroid dienone is 1. The van der Waals surface area contributed by atoms with Crippen LogP contribution < -0.4 is 29.1 Å². The number of rotatable bonds is 11. The summed E-state index contributed by atoms with van der Waals surface area (Å²) in [6, 6.07) is 8.19. The molecule has 4 rings (SSSR count). The van der Waals surface area contributed by atoms with Crippen LogP contribution in [0.2, 0.25) is 0 Å². The lowest BCUT2D eigenvalue weighted by Gasteiger charge is -2.25. The first kappa shape index (κ1) is 33.7. The summed E-state index contributed by atoms with van der Waals surface area (Å²) >= 11 is 6.84. The number of nitrogens with zero attached hydrogens (tertiary/aromatic N) is 2.